The first kappa shape index (κ1) is 20.2. The van der Waals surface area contributed by atoms with Crippen LogP contribution >= 0.6 is 0 Å². The van der Waals surface area contributed by atoms with Gasteiger partial charge in [0.1, 0.15) is 5.69 Å². The van der Waals surface area contributed by atoms with Crippen LogP contribution in [0.5, 0.6) is 0 Å². The van der Waals surface area contributed by atoms with E-state index in [9.17, 15) is 14.4 Å². The summed E-state index contributed by atoms with van der Waals surface area (Å²) in [5.74, 6) is -0.443. The van der Waals surface area contributed by atoms with E-state index in [1.165, 1.54) is 7.11 Å². The summed E-state index contributed by atoms with van der Waals surface area (Å²) in [6, 6.07) is -0.548. The van der Waals surface area contributed by atoms with Gasteiger partial charge in [-0.1, -0.05) is 13.3 Å². The molecule has 26 heavy (non-hydrogen) atoms. The second-order valence-corrected chi connectivity index (χ2v) is 7.18. The molecule has 0 aromatic carbocycles. The van der Waals surface area contributed by atoms with Crippen molar-refractivity contribution < 1.29 is 19.1 Å². The van der Waals surface area contributed by atoms with Crippen LogP contribution in [0.4, 0.5) is 0 Å². The number of amides is 1. The smallest absolute Gasteiger partial charge is 0.354 e. The van der Waals surface area contributed by atoms with Crippen molar-refractivity contribution in [2.45, 2.75) is 59.4 Å². The number of ketones is 1. The van der Waals surface area contributed by atoms with Crippen LogP contribution in [0.25, 0.3) is 0 Å². The third-order valence-electron chi connectivity index (χ3n) is 5.60. The molecule has 1 aromatic rings. The number of aromatic nitrogens is 1. The fraction of sp³-hybridized carbons (Fsp3) is 0.650. The van der Waals surface area contributed by atoms with Crippen molar-refractivity contribution >= 4 is 17.7 Å². The van der Waals surface area contributed by atoms with Crippen LogP contribution in [0.15, 0.2) is 0 Å². The average molecular weight is 362 g/mol. The molecule has 1 aromatic heterocycles. The van der Waals surface area contributed by atoms with Gasteiger partial charge in [0.05, 0.1) is 13.2 Å². The fourth-order valence-corrected chi connectivity index (χ4v) is 3.70. The lowest BCUT2D eigenvalue weighted by Crippen LogP contribution is -2.47. The van der Waals surface area contributed by atoms with E-state index < -0.39 is 12.0 Å². The Kier molecular flexibility index (Phi) is 6.26. The minimum atomic E-state index is -0.548. The van der Waals surface area contributed by atoms with E-state index in [2.05, 4.69) is 0 Å². The molecular formula is C20H30N2O4. The molecule has 144 valence electrons. The summed E-state index contributed by atoms with van der Waals surface area (Å²) < 4.78 is 6.54. The zero-order valence-electron chi connectivity index (χ0n) is 16.7. The van der Waals surface area contributed by atoms with Gasteiger partial charge in [0.2, 0.25) is 5.91 Å². The summed E-state index contributed by atoms with van der Waals surface area (Å²) in [7, 11) is 3.08. The number of carbonyl (C=O) groups excluding carboxylic acids is 3. The molecule has 1 aliphatic rings. The Morgan fingerprint density at radius 2 is 1.88 bits per heavy atom. The lowest BCUT2D eigenvalue weighted by molar-refractivity contribution is -0.139. The van der Waals surface area contributed by atoms with Gasteiger partial charge in [-0.3, -0.25) is 9.59 Å². The molecule has 0 radical (unpaired) electrons. The van der Waals surface area contributed by atoms with E-state index >= 15 is 0 Å². The quantitative estimate of drug-likeness (QED) is 0.552. The molecule has 6 nitrogen and oxygen atoms in total. The molecule has 0 spiro atoms. The molecule has 2 rings (SSSR count). The molecule has 0 aliphatic heterocycles. The van der Waals surface area contributed by atoms with Crippen molar-refractivity contribution in [3.05, 3.63) is 22.5 Å². The van der Waals surface area contributed by atoms with Crippen LogP contribution in [-0.2, 0) is 16.6 Å². The van der Waals surface area contributed by atoms with Gasteiger partial charge in [-0.05, 0) is 45.6 Å². The molecule has 0 saturated heterocycles. The summed E-state index contributed by atoms with van der Waals surface area (Å²) in [4.78, 5) is 39.8. The van der Waals surface area contributed by atoms with E-state index in [1.807, 2.05) is 13.8 Å². The molecule has 1 saturated carbocycles. The third kappa shape index (κ3) is 3.41. The maximum Gasteiger partial charge on any atom is 0.354 e. The number of carbonyl (C=O) groups is 3. The SMILES string of the molecule is CCCN(C(=O)C1CCC1)C(C)C(=O)c1c(C)c(C(=O)OC)n(C)c1C. The average Bonchev–Trinajstić information content (AvgIpc) is 2.78. The number of hydrogen-bond donors (Lipinski definition) is 0. The van der Waals surface area contributed by atoms with Crippen molar-refractivity contribution in [2.75, 3.05) is 13.7 Å². The molecule has 1 unspecified atom stereocenters. The van der Waals surface area contributed by atoms with Crippen LogP contribution < -0.4 is 0 Å². The van der Waals surface area contributed by atoms with Gasteiger partial charge in [-0.2, -0.15) is 0 Å². The van der Waals surface area contributed by atoms with Gasteiger partial charge >= 0.3 is 5.97 Å². The van der Waals surface area contributed by atoms with Gasteiger partial charge in [-0.15, -0.1) is 0 Å². The van der Waals surface area contributed by atoms with Crippen LogP contribution in [0.1, 0.15) is 71.6 Å². The number of ether oxygens (including phenoxy) is 1. The fourth-order valence-electron chi connectivity index (χ4n) is 3.70. The summed E-state index contributed by atoms with van der Waals surface area (Å²) in [6.07, 6.45) is 3.71. The van der Waals surface area contributed by atoms with Gasteiger partial charge in [-0.25, -0.2) is 4.79 Å². The van der Waals surface area contributed by atoms with Crippen LogP contribution in [0, 0.1) is 19.8 Å². The van der Waals surface area contributed by atoms with Gasteiger partial charge in [0, 0.05) is 30.8 Å². The van der Waals surface area contributed by atoms with Crippen molar-refractivity contribution in [3.8, 4) is 0 Å². The Morgan fingerprint density at radius 1 is 1.27 bits per heavy atom. The van der Waals surface area contributed by atoms with E-state index in [1.54, 1.807) is 30.4 Å². The molecule has 1 amide bonds. The van der Waals surface area contributed by atoms with Gasteiger partial charge in [0.25, 0.3) is 0 Å². The standard InChI is InChI=1S/C20H30N2O4/c1-7-11-22(19(24)15-9-8-10-15)14(4)18(23)16-12(2)17(20(25)26-6)21(5)13(16)3/h14-15H,7-11H2,1-6H3. The number of esters is 1. The molecule has 6 heteroatoms. The Hall–Kier alpha value is -2.11. The lowest BCUT2D eigenvalue weighted by atomic mass is 9.83. The monoisotopic (exact) mass is 362 g/mol. The summed E-state index contributed by atoms with van der Waals surface area (Å²) in [6.45, 7) is 7.94. The van der Waals surface area contributed by atoms with Gasteiger partial charge in [0.15, 0.2) is 5.78 Å². The highest BCUT2D eigenvalue weighted by Gasteiger charge is 2.36. The number of Topliss-reactive ketones (excluding diaryl/α,β-unsaturated/α-hetero) is 1. The second kappa shape index (κ2) is 8.06. The maximum atomic E-state index is 13.3. The van der Waals surface area contributed by atoms with E-state index in [-0.39, 0.29) is 17.6 Å². The predicted molar refractivity (Wildman–Crippen MR) is 99.4 cm³/mol. The highest BCUT2D eigenvalue weighted by molar-refractivity contribution is 6.06. The third-order valence-corrected chi connectivity index (χ3v) is 5.60. The van der Waals surface area contributed by atoms with Crippen molar-refractivity contribution in [3.63, 3.8) is 0 Å². The molecule has 1 aliphatic carbocycles. The zero-order valence-corrected chi connectivity index (χ0v) is 16.7. The number of rotatable bonds is 7. The van der Waals surface area contributed by atoms with Crippen molar-refractivity contribution in [2.24, 2.45) is 13.0 Å². The number of nitrogens with zero attached hydrogens (tertiary/aromatic N) is 2. The summed E-state index contributed by atoms with van der Waals surface area (Å²) in [5, 5.41) is 0. The van der Waals surface area contributed by atoms with Crippen molar-refractivity contribution in [1.82, 2.24) is 9.47 Å². The first-order valence-corrected chi connectivity index (χ1v) is 9.35. The minimum absolute atomic E-state index is 0.0559. The minimum Gasteiger partial charge on any atom is -0.464 e. The van der Waals surface area contributed by atoms with E-state index in [0.29, 0.717) is 29.1 Å². The molecule has 1 fully saturated rings. The maximum absolute atomic E-state index is 13.3. The molecule has 0 bridgehead atoms. The van der Waals surface area contributed by atoms with Crippen molar-refractivity contribution in [1.29, 1.82) is 0 Å². The molecule has 1 atom stereocenters. The molecular weight excluding hydrogens is 332 g/mol. The number of hydrogen-bond acceptors (Lipinski definition) is 4. The highest BCUT2D eigenvalue weighted by atomic mass is 16.5. The normalized spacial score (nSPS) is 15.3. The highest BCUT2D eigenvalue weighted by Crippen LogP contribution is 2.30. The first-order chi connectivity index (χ1) is 12.3. The first-order valence-electron chi connectivity index (χ1n) is 9.35. The second-order valence-electron chi connectivity index (χ2n) is 7.18. The van der Waals surface area contributed by atoms with E-state index in [4.69, 9.17) is 4.74 Å². The van der Waals surface area contributed by atoms with Gasteiger partial charge < -0.3 is 14.2 Å². The van der Waals surface area contributed by atoms with Crippen LogP contribution in [0.2, 0.25) is 0 Å². The summed E-state index contributed by atoms with van der Waals surface area (Å²) in [5.41, 5.74) is 2.23. The molecule has 1 heterocycles. The van der Waals surface area contributed by atoms with Crippen LogP contribution in [-0.4, -0.2) is 46.8 Å². The lowest BCUT2D eigenvalue weighted by Gasteiger charge is -2.35. The van der Waals surface area contributed by atoms with Crippen LogP contribution in [0.3, 0.4) is 0 Å². The number of methoxy groups -OCH3 is 1. The Balaban J connectivity index is 2.37. The summed E-state index contributed by atoms with van der Waals surface area (Å²) >= 11 is 0. The molecule has 0 N–H and O–H groups in total. The van der Waals surface area contributed by atoms with E-state index in [0.717, 1.165) is 25.7 Å². The predicted octanol–water partition coefficient (Wildman–Crippen LogP) is 3.04. The topological polar surface area (TPSA) is 68.6 Å². The Labute approximate surface area is 155 Å². The largest absolute Gasteiger partial charge is 0.464 e. The Bertz CT molecular complexity index is 716. The Morgan fingerprint density at radius 3 is 2.35 bits per heavy atom. The zero-order chi connectivity index (χ0) is 19.6.